The summed E-state index contributed by atoms with van der Waals surface area (Å²) in [6.45, 7) is 5.45. The van der Waals surface area contributed by atoms with Crippen LogP contribution in [0.4, 0.5) is 10.5 Å². The Bertz CT molecular complexity index is 1030. The standard InChI is InChI=1S/C26H34N4O3/c1-4-6-15-29(26(32)27-22-11-7-10-21(5-2)17-22)20-25(31)30(19-24-13-9-16-33-24)18-23-12-8-14-28(23)3/h7-14,16-17H,4-6,15,18-20H2,1-3H3,(H,27,32). The lowest BCUT2D eigenvalue weighted by Gasteiger charge is -2.27. The number of hydrogen-bond acceptors (Lipinski definition) is 3. The third-order valence-electron chi connectivity index (χ3n) is 5.67. The highest BCUT2D eigenvalue weighted by atomic mass is 16.3. The molecule has 0 aliphatic carbocycles. The molecular weight excluding hydrogens is 416 g/mol. The molecule has 2 heterocycles. The van der Waals surface area contributed by atoms with E-state index in [1.807, 2.05) is 66.3 Å². The Hall–Kier alpha value is -3.48. The summed E-state index contributed by atoms with van der Waals surface area (Å²) in [6, 6.07) is 15.2. The second-order valence-corrected chi connectivity index (χ2v) is 8.20. The number of rotatable bonds is 11. The Morgan fingerprint density at radius 1 is 1.03 bits per heavy atom. The monoisotopic (exact) mass is 450 g/mol. The molecule has 0 unspecified atom stereocenters. The van der Waals surface area contributed by atoms with Crippen molar-refractivity contribution in [1.29, 1.82) is 0 Å². The van der Waals surface area contributed by atoms with E-state index in [2.05, 4.69) is 19.2 Å². The van der Waals surface area contributed by atoms with E-state index in [-0.39, 0.29) is 18.5 Å². The highest BCUT2D eigenvalue weighted by molar-refractivity contribution is 5.92. The minimum absolute atomic E-state index is 0.00440. The molecule has 0 atom stereocenters. The maximum atomic E-state index is 13.4. The highest BCUT2D eigenvalue weighted by Crippen LogP contribution is 2.15. The molecule has 3 aromatic rings. The normalized spacial score (nSPS) is 10.8. The molecule has 0 saturated carbocycles. The third-order valence-corrected chi connectivity index (χ3v) is 5.67. The van der Waals surface area contributed by atoms with Gasteiger partial charge in [0.25, 0.3) is 0 Å². The van der Waals surface area contributed by atoms with Gasteiger partial charge in [-0.1, -0.05) is 32.4 Å². The van der Waals surface area contributed by atoms with E-state index in [0.717, 1.165) is 36.2 Å². The molecule has 1 aromatic carbocycles. The van der Waals surface area contributed by atoms with Crippen molar-refractivity contribution in [2.75, 3.05) is 18.4 Å². The molecule has 0 aliphatic rings. The number of nitrogens with one attached hydrogen (secondary N) is 1. The number of anilines is 1. The molecule has 0 bridgehead atoms. The second kappa shape index (κ2) is 11.9. The third kappa shape index (κ3) is 7.00. The van der Waals surface area contributed by atoms with E-state index in [0.29, 0.717) is 25.4 Å². The zero-order chi connectivity index (χ0) is 23.6. The van der Waals surface area contributed by atoms with Crippen LogP contribution >= 0.6 is 0 Å². The number of hydrogen-bond donors (Lipinski definition) is 1. The van der Waals surface area contributed by atoms with Crippen LogP contribution in [-0.4, -0.2) is 39.4 Å². The predicted molar refractivity (Wildman–Crippen MR) is 130 cm³/mol. The van der Waals surface area contributed by atoms with Crippen LogP contribution in [0.2, 0.25) is 0 Å². The van der Waals surface area contributed by atoms with Crippen molar-refractivity contribution in [2.45, 2.75) is 46.2 Å². The van der Waals surface area contributed by atoms with E-state index in [9.17, 15) is 9.59 Å². The van der Waals surface area contributed by atoms with Crippen molar-refractivity contribution in [3.63, 3.8) is 0 Å². The fourth-order valence-corrected chi connectivity index (χ4v) is 3.62. The number of unbranched alkanes of at least 4 members (excludes halogenated alkanes) is 1. The largest absolute Gasteiger partial charge is 0.467 e. The van der Waals surface area contributed by atoms with Crippen LogP contribution in [0.15, 0.2) is 65.4 Å². The molecule has 0 fully saturated rings. The van der Waals surface area contributed by atoms with Crippen molar-refractivity contribution in [3.8, 4) is 0 Å². The van der Waals surface area contributed by atoms with Crippen molar-refractivity contribution in [1.82, 2.24) is 14.4 Å². The van der Waals surface area contributed by atoms with Gasteiger partial charge in [0.2, 0.25) is 5.91 Å². The Labute approximate surface area is 196 Å². The van der Waals surface area contributed by atoms with Crippen LogP contribution in [0, 0.1) is 0 Å². The summed E-state index contributed by atoms with van der Waals surface area (Å²) in [6.07, 6.45) is 6.21. The fraction of sp³-hybridized carbons (Fsp3) is 0.385. The summed E-state index contributed by atoms with van der Waals surface area (Å²) >= 11 is 0. The zero-order valence-corrected chi connectivity index (χ0v) is 19.8. The maximum Gasteiger partial charge on any atom is 0.322 e. The van der Waals surface area contributed by atoms with Crippen LogP contribution in [0.5, 0.6) is 0 Å². The molecular formula is C26H34N4O3. The maximum absolute atomic E-state index is 13.4. The van der Waals surface area contributed by atoms with Gasteiger partial charge in [0.15, 0.2) is 0 Å². The first-order valence-electron chi connectivity index (χ1n) is 11.5. The van der Waals surface area contributed by atoms with Gasteiger partial charge in [0.05, 0.1) is 19.4 Å². The van der Waals surface area contributed by atoms with Gasteiger partial charge in [-0.05, 0) is 54.8 Å². The van der Waals surface area contributed by atoms with E-state index in [1.165, 1.54) is 0 Å². The summed E-state index contributed by atoms with van der Waals surface area (Å²) in [4.78, 5) is 29.8. The number of urea groups is 1. The first-order valence-corrected chi connectivity index (χ1v) is 11.5. The van der Waals surface area contributed by atoms with E-state index in [4.69, 9.17) is 4.42 Å². The first kappa shape index (κ1) is 24.2. The minimum Gasteiger partial charge on any atom is -0.467 e. The van der Waals surface area contributed by atoms with Crippen LogP contribution in [0.3, 0.4) is 0 Å². The Morgan fingerprint density at radius 3 is 2.55 bits per heavy atom. The number of carbonyl (C=O) groups excluding carboxylic acids is 2. The fourth-order valence-electron chi connectivity index (χ4n) is 3.62. The molecule has 3 amide bonds. The Kier molecular flexibility index (Phi) is 8.75. The lowest BCUT2D eigenvalue weighted by Crippen LogP contribution is -2.44. The van der Waals surface area contributed by atoms with Gasteiger partial charge in [-0.2, -0.15) is 0 Å². The lowest BCUT2D eigenvalue weighted by molar-refractivity contribution is -0.133. The van der Waals surface area contributed by atoms with Crippen LogP contribution < -0.4 is 5.32 Å². The van der Waals surface area contributed by atoms with Gasteiger partial charge < -0.3 is 24.1 Å². The molecule has 1 N–H and O–H groups in total. The van der Waals surface area contributed by atoms with Crippen molar-refractivity contribution in [2.24, 2.45) is 7.05 Å². The summed E-state index contributed by atoms with van der Waals surface area (Å²) in [5.41, 5.74) is 2.90. The average molecular weight is 451 g/mol. The van der Waals surface area contributed by atoms with Crippen LogP contribution in [0.1, 0.15) is 43.7 Å². The molecule has 7 heteroatoms. The SMILES string of the molecule is CCCCN(CC(=O)N(Cc1ccco1)Cc1cccn1C)C(=O)Nc1cccc(CC)c1. The lowest BCUT2D eigenvalue weighted by atomic mass is 10.1. The minimum atomic E-state index is -0.262. The summed E-state index contributed by atoms with van der Waals surface area (Å²) in [5.74, 6) is 0.583. The molecule has 7 nitrogen and oxygen atoms in total. The van der Waals surface area contributed by atoms with Crippen LogP contribution in [-0.2, 0) is 31.4 Å². The van der Waals surface area contributed by atoms with E-state index in [1.54, 1.807) is 16.1 Å². The summed E-state index contributed by atoms with van der Waals surface area (Å²) in [7, 11) is 1.95. The van der Waals surface area contributed by atoms with E-state index < -0.39 is 0 Å². The second-order valence-electron chi connectivity index (χ2n) is 8.20. The van der Waals surface area contributed by atoms with Gasteiger partial charge in [0, 0.05) is 31.2 Å². The van der Waals surface area contributed by atoms with Gasteiger partial charge in [-0.15, -0.1) is 0 Å². The number of aromatic nitrogens is 1. The molecule has 0 radical (unpaired) electrons. The molecule has 176 valence electrons. The number of benzene rings is 1. The Morgan fingerprint density at radius 2 is 1.88 bits per heavy atom. The average Bonchev–Trinajstić information content (AvgIpc) is 3.47. The number of furan rings is 1. The predicted octanol–water partition coefficient (Wildman–Crippen LogP) is 5.04. The number of nitrogens with zero attached hydrogens (tertiary/aromatic N) is 3. The van der Waals surface area contributed by atoms with Crippen molar-refractivity contribution >= 4 is 17.6 Å². The quantitative estimate of drug-likeness (QED) is 0.445. The summed E-state index contributed by atoms with van der Waals surface area (Å²) in [5, 5.41) is 2.96. The number of carbonyl (C=O) groups is 2. The molecule has 33 heavy (non-hydrogen) atoms. The zero-order valence-electron chi connectivity index (χ0n) is 19.8. The van der Waals surface area contributed by atoms with Gasteiger partial charge in [-0.3, -0.25) is 4.79 Å². The van der Waals surface area contributed by atoms with Crippen molar-refractivity contribution < 1.29 is 14.0 Å². The van der Waals surface area contributed by atoms with Crippen molar-refractivity contribution in [3.05, 3.63) is 78.0 Å². The molecule has 0 aliphatic heterocycles. The smallest absolute Gasteiger partial charge is 0.322 e. The molecule has 0 saturated heterocycles. The highest BCUT2D eigenvalue weighted by Gasteiger charge is 2.23. The Balaban J connectivity index is 1.74. The van der Waals surface area contributed by atoms with E-state index >= 15 is 0 Å². The molecule has 3 rings (SSSR count). The number of aryl methyl sites for hydroxylation is 2. The van der Waals surface area contributed by atoms with Crippen LogP contribution in [0.25, 0.3) is 0 Å². The molecule has 2 aromatic heterocycles. The first-order chi connectivity index (χ1) is 16.0. The van der Waals surface area contributed by atoms with Gasteiger partial charge in [0.1, 0.15) is 12.3 Å². The topological polar surface area (TPSA) is 70.7 Å². The number of amides is 3. The van der Waals surface area contributed by atoms with Gasteiger partial charge in [-0.25, -0.2) is 4.79 Å². The summed E-state index contributed by atoms with van der Waals surface area (Å²) < 4.78 is 7.48. The van der Waals surface area contributed by atoms with Gasteiger partial charge >= 0.3 is 6.03 Å². The molecule has 0 spiro atoms.